The Labute approximate surface area is 182 Å². The Balaban J connectivity index is 1.25. The summed E-state index contributed by atoms with van der Waals surface area (Å²) in [5.41, 5.74) is 0.671. The molecule has 0 aromatic heterocycles. The number of carbonyl (C=O) groups excluding carboxylic acids is 2. The van der Waals surface area contributed by atoms with Crippen molar-refractivity contribution < 1.29 is 18.7 Å². The van der Waals surface area contributed by atoms with E-state index in [0.29, 0.717) is 43.3 Å². The molecule has 0 unspecified atom stereocenters. The van der Waals surface area contributed by atoms with Gasteiger partial charge < -0.3 is 15.0 Å². The number of nitrogens with one attached hydrogen (secondary N) is 1. The first kappa shape index (κ1) is 21.3. The van der Waals surface area contributed by atoms with Crippen molar-refractivity contribution in [3.8, 4) is 11.5 Å². The molecule has 2 fully saturated rings. The lowest BCUT2D eigenvalue weighted by molar-refractivity contribution is -0.136. The Bertz CT molecular complexity index is 923. The fourth-order valence-corrected chi connectivity index (χ4v) is 4.34. The quantitative estimate of drug-likeness (QED) is 0.662. The van der Waals surface area contributed by atoms with E-state index in [1.807, 2.05) is 4.90 Å². The maximum atomic E-state index is 13.7. The van der Waals surface area contributed by atoms with Crippen LogP contribution in [0.3, 0.4) is 0 Å². The molecule has 0 spiro atoms. The Hall–Kier alpha value is -2.89. The van der Waals surface area contributed by atoms with Gasteiger partial charge in [0.05, 0.1) is 0 Å². The monoisotopic (exact) mass is 424 g/mol. The molecule has 31 heavy (non-hydrogen) atoms. The van der Waals surface area contributed by atoms with E-state index < -0.39 is 5.82 Å². The van der Waals surface area contributed by atoms with E-state index in [1.54, 1.807) is 42.5 Å². The van der Waals surface area contributed by atoms with Crippen LogP contribution < -0.4 is 10.1 Å². The van der Waals surface area contributed by atoms with E-state index in [2.05, 4.69) is 12.2 Å². The maximum Gasteiger partial charge on any atom is 0.227 e. The number of halogens is 1. The van der Waals surface area contributed by atoms with Crippen LogP contribution in [-0.2, 0) is 9.59 Å². The summed E-state index contributed by atoms with van der Waals surface area (Å²) in [5.74, 6) is 1.19. The number of hydrogen-bond acceptors (Lipinski definition) is 3. The first-order chi connectivity index (χ1) is 15.0. The van der Waals surface area contributed by atoms with Crippen LogP contribution >= 0.6 is 0 Å². The number of nitrogens with zero attached hydrogens (tertiary/aromatic N) is 1. The molecule has 1 saturated heterocycles. The Kier molecular flexibility index (Phi) is 6.54. The van der Waals surface area contributed by atoms with E-state index in [9.17, 15) is 14.0 Å². The molecule has 1 saturated carbocycles. The van der Waals surface area contributed by atoms with Crippen LogP contribution in [0.5, 0.6) is 11.5 Å². The van der Waals surface area contributed by atoms with Crippen LogP contribution in [-0.4, -0.2) is 29.8 Å². The average Bonchev–Trinajstić information content (AvgIpc) is 3.56. The molecule has 0 bridgehead atoms. The van der Waals surface area contributed by atoms with Crippen LogP contribution in [0, 0.1) is 23.6 Å². The molecule has 4 rings (SSSR count). The molecule has 5 nitrogen and oxygen atoms in total. The Morgan fingerprint density at radius 2 is 1.81 bits per heavy atom. The normalized spacial score (nSPS) is 20.9. The van der Waals surface area contributed by atoms with Crippen molar-refractivity contribution in [2.75, 3.05) is 18.4 Å². The number of anilines is 1. The number of carbonyl (C=O) groups is 2. The van der Waals surface area contributed by atoms with Gasteiger partial charge in [0, 0.05) is 30.6 Å². The SMILES string of the molecule is CCC[C@H]1C[C@H]1C(=O)N1CCC(C(=O)Nc2ccc(Oc3ccccc3F)cc2)CC1. The van der Waals surface area contributed by atoms with Crippen molar-refractivity contribution in [1.29, 1.82) is 0 Å². The second kappa shape index (κ2) is 9.50. The Morgan fingerprint density at radius 3 is 2.48 bits per heavy atom. The third kappa shape index (κ3) is 5.24. The molecule has 1 aliphatic carbocycles. The smallest absolute Gasteiger partial charge is 0.227 e. The van der Waals surface area contributed by atoms with E-state index in [-0.39, 0.29) is 29.4 Å². The standard InChI is InChI=1S/C25H29FN2O3/c1-2-5-18-16-21(18)25(30)28-14-12-17(13-15-28)24(29)27-19-8-10-20(11-9-19)31-23-7-4-3-6-22(23)26/h3-4,6-11,17-18,21H,2,5,12-16H2,1H3,(H,27,29)/t18-,21+/m0/s1. The van der Waals surface area contributed by atoms with Gasteiger partial charge in [0.2, 0.25) is 11.8 Å². The number of para-hydroxylation sites is 1. The number of ether oxygens (including phenoxy) is 1. The van der Waals surface area contributed by atoms with E-state index >= 15 is 0 Å². The number of piperidine rings is 1. The second-order valence-corrected chi connectivity index (χ2v) is 8.54. The highest BCUT2D eigenvalue weighted by atomic mass is 19.1. The molecule has 2 aromatic rings. The van der Waals surface area contributed by atoms with Crippen LogP contribution in [0.25, 0.3) is 0 Å². The Morgan fingerprint density at radius 1 is 1.10 bits per heavy atom. The van der Waals surface area contributed by atoms with Gasteiger partial charge in [0.15, 0.2) is 11.6 Å². The molecule has 164 valence electrons. The maximum absolute atomic E-state index is 13.7. The van der Waals surface area contributed by atoms with Crippen molar-refractivity contribution in [1.82, 2.24) is 4.90 Å². The lowest BCUT2D eigenvalue weighted by Gasteiger charge is -2.31. The molecule has 1 aliphatic heterocycles. The van der Waals surface area contributed by atoms with E-state index in [1.165, 1.54) is 6.07 Å². The molecular weight excluding hydrogens is 395 g/mol. The predicted octanol–water partition coefficient (Wildman–Crippen LogP) is 5.23. The summed E-state index contributed by atoms with van der Waals surface area (Å²) >= 11 is 0. The number of amides is 2. The lowest BCUT2D eigenvalue weighted by atomic mass is 9.95. The van der Waals surface area contributed by atoms with Crippen molar-refractivity contribution in [3.05, 3.63) is 54.3 Å². The van der Waals surface area contributed by atoms with Gasteiger partial charge >= 0.3 is 0 Å². The van der Waals surface area contributed by atoms with Gasteiger partial charge in [-0.05, 0) is 68.0 Å². The number of rotatable bonds is 7. The van der Waals surface area contributed by atoms with Gasteiger partial charge in [0.25, 0.3) is 0 Å². The number of likely N-dealkylation sites (tertiary alicyclic amines) is 1. The molecule has 2 aliphatic rings. The van der Waals surface area contributed by atoms with Crippen LogP contribution in [0.15, 0.2) is 48.5 Å². The minimum atomic E-state index is -0.424. The molecule has 2 aromatic carbocycles. The number of hydrogen-bond donors (Lipinski definition) is 1. The lowest BCUT2D eigenvalue weighted by Crippen LogP contribution is -2.42. The summed E-state index contributed by atoms with van der Waals surface area (Å²) in [6.45, 7) is 3.47. The molecule has 2 atom stereocenters. The topological polar surface area (TPSA) is 58.6 Å². The van der Waals surface area contributed by atoms with Crippen molar-refractivity contribution in [2.24, 2.45) is 17.8 Å². The zero-order valence-corrected chi connectivity index (χ0v) is 17.9. The largest absolute Gasteiger partial charge is 0.454 e. The predicted molar refractivity (Wildman–Crippen MR) is 117 cm³/mol. The summed E-state index contributed by atoms with van der Waals surface area (Å²) in [4.78, 5) is 27.2. The van der Waals surface area contributed by atoms with Crippen molar-refractivity contribution in [3.63, 3.8) is 0 Å². The fraction of sp³-hybridized carbons (Fsp3) is 0.440. The van der Waals surface area contributed by atoms with Gasteiger partial charge in [0.1, 0.15) is 5.75 Å². The van der Waals surface area contributed by atoms with Gasteiger partial charge in [-0.15, -0.1) is 0 Å². The number of benzene rings is 2. The van der Waals surface area contributed by atoms with Gasteiger partial charge in [-0.25, -0.2) is 4.39 Å². The first-order valence-electron chi connectivity index (χ1n) is 11.2. The zero-order valence-electron chi connectivity index (χ0n) is 17.9. The average molecular weight is 425 g/mol. The zero-order chi connectivity index (χ0) is 21.8. The fourth-order valence-electron chi connectivity index (χ4n) is 4.34. The van der Waals surface area contributed by atoms with Crippen molar-refractivity contribution >= 4 is 17.5 Å². The third-order valence-corrected chi connectivity index (χ3v) is 6.26. The molecule has 1 heterocycles. The summed E-state index contributed by atoms with van der Waals surface area (Å²) in [7, 11) is 0. The molecule has 0 radical (unpaired) electrons. The van der Waals surface area contributed by atoms with Gasteiger partial charge in [-0.2, -0.15) is 0 Å². The first-order valence-corrected chi connectivity index (χ1v) is 11.2. The van der Waals surface area contributed by atoms with E-state index in [4.69, 9.17) is 4.74 Å². The summed E-state index contributed by atoms with van der Waals surface area (Å²) in [6, 6.07) is 13.1. The van der Waals surface area contributed by atoms with Crippen molar-refractivity contribution in [2.45, 2.75) is 39.0 Å². The molecule has 2 amide bonds. The van der Waals surface area contributed by atoms with Gasteiger partial charge in [-0.3, -0.25) is 9.59 Å². The third-order valence-electron chi connectivity index (χ3n) is 6.26. The van der Waals surface area contributed by atoms with Crippen LogP contribution in [0.4, 0.5) is 10.1 Å². The van der Waals surface area contributed by atoms with Crippen LogP contribution in [0.2, 0.25) is 0 Å². The molecular formula is C25H29FN2O3. The molecule has 1 N–H and O–H groups in total. The highest BCUT2D eigenvalue weighted by Gasteiger charge is 2.44. The van der Waals surface area contributed by atoms with Gasteiger partial charge in [-0.1, -0.05) is 25.5 Å². The molecule has 6 heteroatoms. The minimum absolute atomic E-state index is 0.0230. The highest BCUT2D eigenvalue weighted by Crippen LogP contribution is 2.43. The summed E-state index contributed by atoms with van der Waals surface area (Å²) in [6.07, 6.45) is 4.68. The second-order valence-electron chi connectivity index (χ2n) is 8.54. The summed E-state index contributed by atoms with van der Waals surface area (Å²) < 4.78 is 19.2. The highest BCUT2D eigenvalue weighted by molar-refractivity contribution is 5.93. The van der Waals surface area contributed by atoms with E-state index in [0.717, 1.165) is 19.3 Å². The summed E-state index contributed by atoms with van der Waals surface area (Å²) in [5, 5.41) is 2.95. The van der Waals surface area contributed by atoms with Crippen LogP contribution in [0.1, 0.15) is 39.0 Å². The minimum Gasteiger partial charge on any atom is -0.454 e.